The van der Waals surface area contributed by atoms with Gasteiger partial charge in [-0.3, -0.25) is 4.98 Å². The molecule has 3 heteroatoms. The lowest BCUT2D eigenvalue weighted by Gasteiger charge is -2.16. The summed E-state index contributed by atoms with van der Waals surface area (Å²) >= 11 is 0. The molecule has 226 valence electrons. The number of hydrogen-bond donors (Lipinski definition) is 0. The van der Waals surface area contributed by atoms with Crippen molar-refractivity contribution >= 4 is 55.6 Å². The van der Waals surface area contributed by atoms with Gasteiger partial charge < -0.3 is 4.57 Å². The third-order valence-corrected chi connectivity index (χ3v) is 9.35. The van der Waals surface area contributed by atoms with Crippen LogP contribution in [0.3, 0.4) is 0 Å². The van der Waals surface area contributed by atoms with Crippen LogP contribution >= 0.6 is 0 Å². The van der Waals surface area contributed by atoms with E-state index in [9.17, 15) is 0 Å². The predicted octanol–water partition coefficient (Wildman–Crippen LogP) is 11.8. The Hall–Kier alpha value is -5.80. The van der Waals surface area contributed by atoms with Crippen molar-refractivity contribution in [2.24, 2.45) is 0 Å². The number of allylic oxidation sites excluding steroid dienone is 1. The van der Waals surface area contributed by atoms with Gasteiger partial charge in [0.05, 0.1) is 39.8 Å². The molecule has 0 atom stereocenters. The standard InChI is InChI=1S/C44H35N3/c1-6-13-40-33(7-2)38-25-31(20-21-41(38)47(40)44-28(4)22-27(3)23-29(44)5)30-14-12-15-32(24-30)39-26-45-42-36-18-10-8-16-34(36)35-17-9-11-19-37(35)43(42)46-39/h6-26H,2H2,1,3-5H3/b13-6-. The van der Waals surface area contributed by atoms with E-state index in [-0.39, 0.29) is 0 Å². The van der Waals surface area contributed by atoms with E-state index in [4.69, 9.17) is 9.97 Å². The summed E-state index contributed by atoms with van der Waals surface area (Å²) < 4.78 is 2.40. The van der Waals surface area contributed by atoms with E-state index in [2.05, 4.69) is 154 Å². The molecule has 0 aliphatic heterocycles. The molecule has 0 bridgehead atoms. The van der Waals surface area contributed by atoms with Crippen LogP contribution in [0.4, 0.5) is 0 Å². The highest BCUT2D eigenvalue weighted by Crippen LogP contribution is 2.38. The summed E-state index contributed by atoms with van der Waals surface area (Å²) in [6.07, 6.45) is 8.21. The Balaban J connectivity index is 1.29. The topological polar surface area (TPSA) is 30.7 Å². The monoisotopic (exact) mass is 605 g/mol. The van der Waals surface area contributed by atoms with Crippen molar-refractivity contribution < 1.29 is 0 Å². The third-order valence-electron chi connectivity index (χ3n) is 9.35. The van der Waals surface area contributed by atoms with Crippen molar-refractivity contribution in [3.05, 3.63) is 150 Å². The highest BCUT2D eigenvalue weighted by molar-refractivity contribution is 6.23. The largest absolute Gasteiger partial charge is 0.309 e. The van der Waals surface area contributed by atoms with Gasteiger partial charge in [-0.15, -0.1) is 0 Å². The summed E-state index contributed by atoms with van der Waals surface area (Å²) in [6.45, 7) is 12.9. The van der Waals surface area contributed by atoms with Crippen LogP contribution in [0.15, 0.2) is 122 Å². The lowest BCUT2D eigenvalue weighted by atomic mass is 9.98. The Kier molecular flexibility index (Phi) is 6.84. The molecule has 0 spiro atoms. The Morgan fingerprint density at radius 3 is 1.96 bits per heavy atom. The van der Waals surface area contributed by atoms with Gasteiger partial charge in [-0.2, -0.15) is 0 Å². The molecule has 0 amide bonds. The van der Waals surface area contributed by atoms with Gasteiger partial charge in [0.1, 0.15) is 0 Å². The lowest BCUT2D eigenvalue weighted by molar-refractivity contribution is 1.06. The van der Waals surface area contributed by atoms with Crippen LogP contribution in [0.25, 0.3) is 83.7 Å². The summed E-state index contributed by atoms with van der Waals surface area (Å²) in [5, 5.41) is 5.82. The second-order valence-electron chi connectivity index (χ2n) is 12.4. The minimum absolute atomic E-state index is 0.861. The first-order valence-electron chi connectivity index (χ1n) is 16.2. The van der Waals surface area contributed by atoms with Crippen LogP contribution in [0.5, 0.6) is 0 Å². The van der Waals surface area contributed by atoms with Crippen LogP contribution in [0.2, 0.25) is 0 Å². The first kappa shape index (κ1) is 28.7. The van der Waals surface area contributed by atoms with Crippen molar-refractivity contribution in [2.45, 2.75) is 27.7 Å². The third kappa shape index (κ3) is 4.58. The van der Waals surface area contributed by atoms with E-state index in [1.165, 1.54) is 44.1 Å². The molecule has 0 unspecified atom stereocenters. The Bertz CT molecular complexity index is 2520. The molecule has 0 aliphatic rings. The van der Waals surface area contributed by atoms with Gasteiger partial charge in [-0.1, -0.05) is 109 Å². The zero-order chi connectivity index (χ0) is 32.2. The van der Waals surface area contributed by atoms with Crippen molar-refractivity contribution in [2.75, 3.05) is 0 Å². The van der Waals surface area contributed by atoms with Crippen molar-refractivity contribution in [3.8, 4) is 28.1 Å². The molecule has 3 nitrogen and oxygen atoms in total. The molecule has 0 saturated carbocycles. The average Bonchev–Trinajstić information content (AvgIpc) is 3.39. The molecule has 2 heterocycles. The second-order valence-corrected chi connectivity index (χ2v) is 12.4. The minimum Gasteiger partial charge on any atom is -0.309 e. The fourth-order valence-electron chi connectivity index (χ4n) is 7.44. The van der Waals surface area contributed by atoms with Crippen LogP contribution in [0.1, 0.15) is 34.9 Å². The van der Waals surface area contributed by atoms with Gasteiger partial charge in [-0.25, -0.2) is 4.98 Å². The van der Waals surface area contributed by atoms with E-state index >= 15 is 0 Å². The lowest BCUT2D eigenvalue weighted by Crippen LogP contribution is -2.03. The van der Waals surface area contributed by atoms with Gasteiger partial charge in [0.25, 0.3) is 0 Å². The molecule has 0 saturated heterocycles. The maximum absolute atomic E-state index is 5.24. The van der Waals surface area contributed by atoms with E-state index in [0.29, 0.717) is 0 Å². The summed E-state index contributed by atoms with van der Waals surface area (Å²) in [4.78, 5) is 10.2. The molecule has 8 rings (SSSR count). The summed E-state index contributed by atoms with van der Waals surface area (Å²) in [6, 6.07) is 36.9. The first-order valence-corrected chi connectivity index (χ1v) is 16.2. The van der Waals surface area contributed by atoms with Crippen LogP contribution < -0.4 is 0 Å². The van der Waals surface area contributed by atoms with Gasteiger partial charge in [0, 0.05) is 27.3 Å². The fraction of sp³-hybridized carbons (Fsp3) is 0.0909. The summed E-state index contributed by atoms with van der Waals surface area (Å²) in [7, 11) is 0. The van der Waals surface area contributed by atoms with Crippen molar-refractivity contribution in [1.29, 1.82) is 0 Å². The van der Waals surface area contributed by atoms with Crippen LogP contribution in [-0.4, -0.2) is 14.5 Å². The average molecular weight is 606 g/mol. The number of benzene rings is 6. The number of aryl methyl sites for hydroxylation is 3. The molecule has 0 N–H and O–H groups in total. The second kappa shape index (κ2) is 11.2. The predicted molar refractivity (Wildman–Crippen MR) is 201 cm³/mol. The zero-order valence-corrected chi connectivity index (χ0v) is 27.2. The summed E-state index contributed by atoms with van der Waals surface area (Å²) in [5.74, 6) is 0. The molecule has 0 fully saturated rings. The maximum Gasteiger partial charge on any atom is 0.0979 e. The number of rotatable bonds is 5. The van der Waals surface area contributed by atoms with Crippen LogP contribution in [0, 0.1) is 20.8 Å². The Morgan fingerprint density at radius 1 is 0.638 bits per heavy atom. The van der Waals surface area contributed by atoms with E-state index < -0.39 is 0 Å². The number of nitrogens with zero attached hydrogens (tertiary/aromatic N) is 3. The van der Waals surface area contributed by atoms with Gasteiger partial charge in [-0.05, 0) is 85.0 Å². The molecule has 8 aromatic rings. The quantitative estimate of drug-likeness (QED) is 0.183. The number of aromatic nitrogens is 3. The Morgan fingerprint density at radius 2 is 1.28 bits per heavy atom. The zero-order valence-electron chi connectivity index (χ0n) is 27.2. The molecule has 47 heavy (non-hydrogen) atoms. The van der Waals surface area contributed by atoms with Gasteiger partial charge in [0.15, 0.2) is 0 Å². The highest BCUT2D eigenvalue weighted by atomic mass is 15.0. The normalized spacial score (nSPS) is 11.8. The van der Waals surface area contributed by atoms with Gasteiger partial charge in [0.2, 0.25) is 0 Å². The smallest absolute Gasteiger partial charge is 0.0979 e. The van der Waals surface area contributed by atoms with Crippen molar-refractivity contribution in [3.63, 3.8) is 0 Å². The molecule has 0 aliphatic carbocycles. The van der Waals surface area contributed by atoms with E-state index in [0.717, 1.165) is 55.4 Å². The summed E-state index contributed by atoms with van der Waals surface area (Å²) in [5.41, 5.74) is 14.5. The highest BCUT2D eigenvalue weighted by Gasteiger charge is 2.19. The van der Waals surface area contributed by atoms with Gasteiger partial charge >= 0.3 is 0 Å². The number of hydrogen-bond acceptors (Lipinski definition) is 2. The fourth-order valence-corrected chi connectivity index (χ4v) is 7.44. The van der Waals surface area contributed by atoms with Crippen molar-refractivity contribution in [1.82, 2.24) is 14.5 Å². The minimum atomic E-state index is 0.861. The van der Waals surface area contributed by atoms with E-state index in [1.807, 2.05) is 12.3 Å². The maximum atomic E-state index is 5.24. The molecular formula is C44H35N3. The molecule has 0 radical (unpaired) electrons. The number of fused-ring (bicyclic) bond motifs is 7. The van der Waals surface area contributed by atoms with Crippen LogP contribution in [-0.2, 0) is 0 Å². The Labute approximate surface area is 275 Å². The molecular weight excluding hydrogens is 571 g/mol. The van der Waals surface area contributed by atoms with E-state index in [1.54, 1.807) is 0 Å². The first-order chi connectivity index (χ1) is 23.0. The molecule has 2 aromatic heterocycles. The SMILES string of the molecule is C=Cc1c(/C=C\C)n(-c2c(C)cc(C)cc2C)c2ccc(-c3cccc(-c4cnc5c6ccccc6c6ccccc6c5n4)c3)cc12. The molecule has 6 aromatic carbocycles.